The molecule has 0 aromatic heterocycles. The summed E-state index contributed by atoms with van der Waals surface area (Å²) in [6.45, 7) is 4.68. The van der Waals surface area contributed by atoms with Crippen LogP contribution >= 0.6 is 31.9 Å². The van der Waals surface area contributed by atoms with Gasteiger partial charge in [0.1, 0.15) is 18.1 Å². The van der Waals surface area contributed by atoms with Gasteiger partial charge in [-0.15, -0.1) is 0 Å². The molecular formula is C21H25Br2NO3. The topological polar surface area (TPSA) is 72.5 Å². The van der Waals surface area contributed by atoms with E-state index in [1.807, 2.05) is 24.3 Å². The van der Waals surface area contributed by atoms with Gasteiger partial charge in [-0.1, -0.05) is 57.8 Å². The third-order valence-electron chi connectivity index (χ3n) is 4.27. The normalized spacial score (nSPS) is 11.0. The third-order valence-corrected chi connectivity index (χ3v) is 5.68. The molecule has 27 heavy (non-hydrogen) atoms. The van der Waals surface area contributed by atoms with Crippen LogP contribution in [0.5, 0.6) is 11.5 Å². The number of hydrogen-bond donors (Lipinski definition) is 2. The smallest absolute Gasteiger partial charge is 0.170 e. The lowest BCUT2D eigenvalue weighted by atomic mass is 9.96. The highest BCUT2D eigenvalue weighted by atomic mass is 79.9. The van der Waals surface area contributed by atoms with Crippen molar-refractivity contribution in [2.75, 3.05) is 13.2 Å². The van der Waals surface area contributed by atoms with Gasteiger partial charge < -0.3 is 15.6 Å². The molecule has 2 rings (SSSR count). The van der Waals surface area contributed by atoms with Crippen LogP contribution in [0.3, 0.4) is 0 Å². The van der Waals surface area contributed by atoms with Crippen molar-refractivity contribution in [3.05, 3.63) is 56.0 Å². The second-order valence-electron chi connectivity index (χ2n) is 6.81. The zero-order valence-corrected chi connectivity index (χ0v) is 18.8. The van der Waals surface area contributed by atoms with E-state index in [0.717, 1.165) is 25.6 Å². The van der Waals surface area contributed by atoms with E-state index in [-0.39, 0.29) is 18.3 Å². The van der Waals surface area contributed by atoms with E-state index in [0.29, 0.717) is 37.3 Å². The SMILES string of the molecule is CC(C)c1cc(Cc2c(Br)cc(OCC(=O)CCCN)cc2Br)ccc1O. The Morgan fingerprint density at radius 1 is 1.19 bits per heavy atom. The van der Waals surface area contributed by atoms with Crippen molar-refractivity contribution < 1.29 is 14.6 Å². The summed E-state index contributed by atoms with van der Waals surface area (Å²) in [7, 11) is 0. The number of aromatic hydroxyl groups is 1. The third kappa shape index (κ3) is 6.33. The fourth-order valence-electron chi connectivity index (χ4n) is 2.75. The number of carbonyl (C=O) groups is 1. The van der Waals surface area contributed by atoms with Gasteiger partial charge in [-0.25, -0.2) is 0 Å². The maximum absolute atomic E-state index is 11.7. The minimum Gasteiger partial charge on any atom is -0.508 e. The van der Waals surface area contributed by atoms with Gasteiger partial charge in [0.15, 0.2) is 5.78 Å². The van der Waals surface area contributed by atoms with E-state index in [9.17, 15) is 9.90 Å². The lowest BCUT2D eigenvalue weighted by Crippen LogP contribution is -2.13. The van der Waals surface area contributed by atoms with Gasteiger partial charge >= 0.3 is 0 Å². The molecule has 0 spiro atoms. The number of ketones is 1. The standard InChI is InChI=1S/C21H25Br2NO3/c1-13(2)17-8-14(5-6-21(17)26)9-18-19(22)10-16(11-20(18)23)27-12-15(25)4-3-7-24/h5-6,8,10-11,13,26H,3-4,7,9,12,24H2,1-2H3. The van der Waals surface area contributed by atoms with Crippen molar-refractivity contribution in [1.29, 1.82) is 0 Å². The van der Waals surface area contributed by atoms with Crippen molar-refractivity contribution in [3.8, 4) is 11.5 Å². The van der Waals surface area contributed by atoms with Gasteiger partial charge in [-0.05, 0) is 60.2 Å². The van der Waals surface area contributed by atoms with E-state index in [1.165, 1.54) is 0 Å². The molecule has 0 aliphatic rings. The van der Waals surface area contributed by atoms with Gasteiger partial charge in [-0.2, -0.15) is 0 Å². The number of rotatable bonds is 9. The van der Waals surface area contributed by atoms with Crippen LogP contribution in [-0.4, -0.2) is 24.0 Å². The first-order valence-corrected chi connectivity index (χ1v) is 10.5. The van der Waals surface area contributed by atoms with E-state index in [4.69, 9.17) is 10.5 Å². The summed E-state index contributed by atoms with van der Waals surface area (Å²) < 4.78 is 7.42. The zero-order chi connectivity index (χ0) is 20.0. The molecule has 4 nitrogen and oxygen atoms in total. The maximum Gasteiger partial charge on any atom is 0.170 e. The van der Waals surface area contributed by atoms with Crippen molar-refractivity contribution in [2.24, 2.45) is 5.73 Å². The van der Waals surface area contributed by atoms with Crippen LogP contribution in [0.25, 0.3) is 0 Å². The Morgan fingerprint density at radius 2 is 1.85 bits per heavy atom. The number of carbonyl (C=O) groups excluding carboxylic acids is 1. The summed E-state index contributed by atoms with van der Waals surface area (Å²) in [5.74, 6) is 1.26. The number of phenols is 1. The highest BCUT2D eigenvalue weighted by molar-refractivity contribution is 9.11. The molecule has 0 bridgehead atoms. The Hall–Kier alpha value is -1.37. The molecule has 0 heterocycles. The second-order valence-corrected chi connectivity index (χ2v) is 8.52. The van der Waals surface area contributed by atoms with E-state index in [1.54, 1.807) is 6.07 Å². The molecule has 2 aromatic carbocycles. The predicted octanol–water partition coefficient (Wildman–Crippen LogP) is 5.32. The van der Waals surface area contributed by atoms with Crippen LogP contribution in [0.2, 0.25) is 0 Å². The molecule has 0 fully saturated rings. The summed E-state index contributed by atoms with van der Waals surface area (Å²) >= 11 is 7.21. The van der Waals surface area contributed by atoms with Crippen LogP contribution in [0.15, 0.2) is 39.3 Å². The molecule has 0 radical (unpaired) electrons. The zero-order valence-electron chi connectivity index (χ0n) is 15.6. The highest BCUT2D eigenvalue weighted by Gasteiger charge is 2.13. The Bertz CT molecular complexity index is 783. The lowest BCUT2D eigenvalue weighted by molar-refractivity contribution is -0.121. The van der Waals surface area contributed by atoms with Gasteiger partial charge in [0, 0.05) is 15.4 Å². The van der Waals surface area contributed by atoms with E-state index in [2.05, 4.69) is 45.7 Å². The number of nitrogens with two attached hydrogens (primary N) is 1. The molecule has 0 amide bonds. The summed E-state index contributed by atoms with van der Waals surface area (Å²) in [5.41, 5.74) is 8.55. The number of hydrogen-bond acceptors (Lipinski definition) is 4. The Morgan fingerprint density at radius 3 is 2.44 bits per heavy atom. The Labute approximate surface area is 177 Å². The molecule has 0 aliphatic heterocycles. The number of phenolic OH excluding ortho intramolecular Hbond substituents is 1. The monoisotopic (exact) mass is 497 g/mol. The molecular weight excluding hydrogens is 474 g/mol. The van der Waals surface area contributed by atoms with Crippen LogP contribution in [-0.2, 0) is 11.2 Å². The van der Waals surface area contributed by atoms with Crippen LogP contribution in [0, 0.1) is 0 Å². The first-order valence-electron chi connectivity index (χ1n) is 8.96. The summed E-state index contributed by atoms with van der Waals surface area (Å²) in [4.78, 5) is 11.7. The Kier molecular flexibility index (Phi) is 8.32. The number of ether oxygens (including phenoxy) is 1. The number of halogens is 2. The first-order chi connectivity index (χ1) is 12.8. The fourth-order valence-corrected chi connectivity index (χ4v) is 4.17. The molecule has 0 saturated heterocycles. The Balaban J connectivity index is 2.13. The molecule has 0 saturated carbocycles. The van der Waals surface area contributed by atoms with Crippen LogP contribution in [0.1, 0.15) is 49.3 Å². The van der Waals surface area contributed by atoms with Gasteiger partial charge in [0.25, 0.3) is 0 Å². The maximum atomic E-state index is 11.7. The minimum atomic E-state index is 0.0436. The molecule has 146 valence electrons. The van der Waals surface area contributed by atoms with Gasteiger partial charge in [-0.3, -0.25) is 4.79 Å². The second kappa shape index (κ2) is 10.2. The average Bonchev–Trinajstić information content (AvgIpc) is 2.62. The van der Waals surface area contributed by atoms with E-state index < -0.39 is 0 Å². The van der Waals surface area contributed by atoms with Gasteiger partial charge in [0.2, 0.25) is 0 Å². The minimum absolute atomic E-state index is 0.0436. The molecule has 0 unspecified atom stereocenters. The van der Waals surface area contributed by atoms with Gasteiger partial charge in [0.05, 0.1) is 0 Å². The van der Waals surface area contributed by atoms with Crippen molar-refractivity contribution in [1.82, 2.24) is 0 Å². The van der Waals surface area contributed by atoms with Crippen LogP contribution in [0.4, 0.5) is 0 Å². The highest BCUT2D eigenvalue weighted by Crippen LogP contribution is 2.34. The van der Waals surface area contributed by atoms with Crippen molar-refractivity contribution >= 4 is 37.6 Å². The fraction of sp³-hybridized carbons (Fsp3) is 0.381. The molecule has 3 N–H and O–H groups in total. The van der Waals surface area contributed by atoms with Crippen LogP contribution < -0.4 is 10.5 Å². The predicted molar refractivity (Wildman–Crippen MR) is 116 cm³/mol. The van der Waals surface area contributed by atoms with E-state index >= 15 is 0 Å². The number of Topliss-reactive ketones (excluding diaryl/α,β-unsaturated/α-hetero) is 1. The summed E-state index contributed by atoms with van der Waals surface area (Å²) in [6.07, 6.45) is 1.83. The first kappa shape index (κ1) is 21.9. The largest absolute Gasteiger partial charge is 0.508 e. The lowest BCUT2D eigenvalue weighted by Gasteiger charge is -2.14. The quantitative estimate of drug-likeness (QED) is 0.490. The van der Waals surface area contributed by atoms with Crippen molar-refractivity contribution in [2.45, 2.75) is 39.0 Å². The number of benzene rings is 2. The molecule has 0 atom stereocenters. The molecule has 6 heteroatoms. The average molecular weight is 499 g/mol. The molecule has 0 aliphatic carbocycles. The summed E-state index contributed by atoms with van der Waals surface area (Å²) in [6, 6.07) is 9.47. The van der Waals surface area contributed by atoms with Crippen molar-refractivity contribution in [3.63, 3.8) is 0 Å². The molecule has 2 aromatic rings. The summed E-state index contributed by atoms with van der Waals surface area (Å²) in [5, 5.41) is 10.0.